The van der Waals surface area contributed by atoms with E-state index in [0.29, 0.717) is 0 Å². The maximum atomic E-state index is 4.67. The maximum absolute atomic E-state index is 4.67. The van der Waals surface area contributed by atoms with E-state index in [0.717, 1.165) is 26.2 Å². The zero-order valence-corrected chi connectivity index (χ0v) is 11.4. The van der Waals surface area contributed by atoms with Gasteiger partial charge >= 0.3 is 0 Å². The van der Waals surface area contributed by atoms with Gasteiger partial charge in [-0.2, -0.15) is 0 Å². The Balaban J connectivity index is 2.58. The van der Waals surface area contributed by atoms with Crippen molar-refractivity contribution in [2.24, 2.45) is 0 Å². The Morgan fingerprint density at radius 1 is 1.25 bits per heavy atom. The fourth-order valence-electron chi connectivity index (χ4n) is 1.62. The van der Waals surface area contributed by atoms with Gasteiger partial charge in [-0.3, -0.25) is 0 Å². The average Bonchev–Trinajstić information content (AvgIpc) is 2.74. The molecule has 0 radical (unpaired) electrons. The highest BCUT2D eigenvalue weighted by Gasteiger charge is 2.08. The van der Waals surface area contributed by atoms with Gasteiger partial charge in [0.2, 0.25) is 0 Å². The van der Waals surface area contributed by atoms with Crippen LogP contribution in [-0.2, 0) is 6.54 Å². The number of aromatic nitrogens is 1. The van der Waals surface area contributed by atoms with Gasteiger partial charge in [-0.1, -0.05) is 20.8 Å². The minimum Gasteiger partial charge on any atom is -0.348 e. The van der Waals surface area contributed by atoms with Gasteiger partial charge in [0.25, 0.3) is 0 Å². The van der Waals surface area contributed by atoms with Crippen LogP contribution in [-0.4, -0.2) is 24.6 Å². The predicted octanol–water partition coefficient (Wildman–Crippen LogP) is 2.88. The van der Waals surface area contributed by atoms with Crippen molar-refractivity contribution >= 4 is 16.5 Å². The highest BCUT2D eigenvalue weighted by atomic mass is 32.1. The molecule has 0 aliphatic rings. The number of nitrogens with one attached hydrogen (secondary N) is 1. The van der Waals surface area contributed by atoms with Gasteiger partial charge in [0.15, 0.2) is 5.13 Å². The lowest BCUT2D eigenvalue weighted by Crippen LogP contribution is -2.24. The Kier molecular flexibility index (Phi) is 6.42. The Hall–Kier alpha value is -0.610. The van der Waals surface area contributed by atoms with Gasteiger partial charge in [-0.05, 0) is 19.4 Å². The number of nitrogens with zero attached hydrogens (tertiary/aromatic N) is 2. The van der Waals surface area contributed by atoms with Crippen LogP contribution in [0.1, 0.15) is 39.3 Å². The van der Waals surface area contributed by atoms with Crippen molar-refractivity contribution < 1.29 is 0 Å². The summed E-state index contributed by atoms with van der Waals surface area (Å²) >= 11 is 1.76. The molecule has 3 nitrogen and oxygen atoms in total. The van der Waals surface area contributed by atoms with E-state index >= 15 is 0 Å². The summed E-state index contributed by atoms with van der Waals surface area (Å²) in [6, 6.07) is 0. The molecular formula is C12H23N3S. The van der Waals surface area contributed by atoms with Crippen LogP contribution in [0.15, 0.2) is 5.38 Å². The molecule has 0 spiro atoms. The van der Waals surface area contributed by atoms with Crippen molar-refractivity contribution in [3.05, 3.63) is 11.1 Å². The first-order valence-corrected chi connectivity index (χ1v) is 7.09. The van der Waals surface area contributed by atoms with Crippen molar-refractivity contribution in [3.63, 3.8) is 0 Å². The fourth-order valence-corrected chi connectivity index (χ4v) is 2.50. The molecule has 1 aromatic heterocycles. The lowest BCUT2D eigenvalue weighted by molar-refractivity contribution is 0.706. The molecule has 1 N–H and O–H groups in total. The van der Waals surface area contributed by atoms with E-state index in [1.807, 2.05) is 0 Å². The second-order valence-corrected chi connectivity index (χ2v) is 4.73. The normalized spacial score (nSPS) is 10.7. The molecule has 0 aromatic carbocycles. The quantitative estimate of drug-likeness (QED) is 0.758. The number of anilines is 1. The topological polar surface area (TPSA) is 28.2 Å². The zero-order chi connectivity index (χ0) is 11.8. The number of hydrogen-bond donors (Lipinski definition) is 1. The third-order valence-electron chi connectivity index (χ3n) is 2.35. The number of rotatable bonds is 8. The molecule has 0 aliphatic carbocycles. The van der Waals surface area contributed by atoms with Gasteiger partial charge in [-0.15, -0.1) is 11.3 Å². The highest BCUT2D eigenvalue weighted by molar-refractivity contribution is 7.13. The van der Waals surface area contributed by atoms with Gasteiger partial charge < -0.3 is 10.2 Å². The van der Waals surface area contributed by atoms with E-state index in [2.05, 4.69) is 41.4 Å². The van der Waals surface area contributed by atoms with E-state index in [1.54, 1.807) is 11.3 Å². The summed E-state index contributed by atoms with van der Waals surface area (Å²) in [4.78, 5) is 7.06. The van der Waals surface area contributed by atoms with Gasteiger partial charge in [0.05, 0.1) is 5.69 Å². The SMILES string of the molecule is CCCN(CCC)c1nc(CNCC)cs1. The minimum atomic E-state index is 0.888. The Morgan fingerprint density at radius 3 is 2.50 bits per heavy atom. The first-order valence-electron chi connectivity index (χ1n) is 6.21. The highest BCUT2D eigenvalue weighted by Crippen LogP contribution is 2.20. The summed E-state index contributed by atoms with van der Waals surface area (Å²) in [7, 11) is 0. The van der Waals surface area contributed by atoms with Crippen LogP contribution in [0, 0.1) is 0 Å². The molecule has 16 heavy (non-hydrogen) atoms. The molecule has 0 aliphatic heterocycles. The van der Waals surface area contributed by atoms with Gasteiger partial charge in [0.1, 0.15) is 0 Å². The smallest absolute Gasteiger partial charge is 0.185 e. The second-order valence-electron chi connectivity index (χ2n) is 3.89. The van der Waals surface area contributed by atoms with Crippen molar-refractivity contribution in [3.8, 4) is 0 Å². The largest absolute Gasteiger partial charge is 0.348 e. The van der Waals surface area contributed by atoms with Crippen LogP contribution in [0.3, 0.4) is 0 Å². The molecular weight excluding hydrogens is 218 g/mol. The Morgan fingerprint density at radius 2 is 1.94 bits per heavy atom. The van der Waals surface area contributed by atoms with Crippen LogP contribution >= 0.6 is 11.3 Å². The molecule has 1 heterocycles. The minimum absolute atomic E-state index is 0.888. The van der Waals surface area contributed by atoms with E-state index in [-0.39, 0.29) is 0 Å². The lowest BCUT2D eigenvalue weighted by atomic mass is 10.4. The molecule has 0 atom stereocenters. The van der Waals surface area contributed by atoms with Crippen LogP contribution in [0.5, 0.6) is 0 Å². The van der Waals surface area contributed by atoms with E-state index in [4.69, 9.17) is 0 Å². The van der Waals surface area contributed by atoms with Crippen molar-refractivity contribution in [1.29, 1.82) is 0 Å². The number of hydrogen-bond acceptors (Lipinski definition) is 4. The monoisotopic (exact) mass is 241 g/mol. The first-order chi connectivity index (χ1) is 7.81. The van der Waals surface area contributed by atoms with Crippen LogP contribution < -0.4 is 10.2 Å². The summed E-state index contributed by atoms with van der Waals surface area (Å²) < 4.78 is 0. The molecule has 1 rings (SSSR count). The third kappa shape index (κ3) is 4.10. The summed E-state index contributed by atoms with van der Waals surface area (Å²) in [5, 5.41) is 6.65. The summed E-state index contributed by atoms with van der Waals surface area (Å²) in [6.07, 6.45) is 2.37. The molecule has 4 heteroatoms. The molecule has 92 valence electrons. The van der Waals surface area contributed by atoms with Gasteiger partial charge in [0, 0.05) is 25.0 Å². The number of thiazole rings is 1. The van der Waals surface area contributed by atoms with Crippen molar-refractivity contribution in [2.75, 3.05) is 24.5 Å². The molecule has 0 fully saturated rings. The first kappa shape index (κ1) is 13.5. The van der Waals surface area contributed by atoms with Crippen LogP contribution in [0.4, 0.5) is 5.13 Å². The molecule has 0 saturated heterocycles. The molecule has 0 bridgehead atoms. The van der Waals surface area contributed by atoms with Crippen molar-refractivity contribution in [1.82, 2.24) is 10.3 Å². The average molecular weight is 241 g/mol. The molecule has 1 aromatic rings. The molecule has 0 saturated carbocycles. The lowest BCUT2D eigenvalue weighted by Gasteiger charge is -2.19. The third-order valence-corrected chi connectivity index (χ3v) is 3.30. The van der Waals surface area contributed by atoms with Crippen LogP contribution in [0.25, 0.3) is 0 Å². The van der Waals surface area contributed by atoms with Gasteiger partial charge in [-0.25, -0.2) is 4.98 Å². The standard InChI is InChI=1S/C12H23N3S/c1-4-7-15(8-5-2)12-14-11(10-16-12)9-13-6-3/h10,13H,4-9H2,1-3H3. The van der Waals surface area contributed by atoms with E-state index in [1.165, 1.54) is 23.7 Å². The van der Waals surface area contributed by atoms with E-state index in [9.17, 15) is 0 Å². The Labute approximate surface area is 103 Å². The van der Waals surface area contributed by atoms with Crippen LogP contribution in [0.2, 0.25) is 0 Å². The van der Waals surface area contributed by atoms with Crippen molar-refractivity contribution in [2.45, 2.75) is 40.2 Å². The predicted molar refractivity (Wildman–Crippen MR) is 72.3 cm³/mol. The summed E-state index contributed by atoms with van der Waals surface area (Å²) in [5.41, 5.74) is 1.17. The molecule has 0 unspecified atom stereocenters. The fraction of sp³-hybridized carbons (Fsp3) is 0.750. The summed E-state index contributed by atoms with van der Waals surface area (Å²) in [5.74, 6) is 0. The Bertz CT molecular complexity index is 280. The maximum Gasteiger partial charge on any atom is 0.185 e. The molecule has 0 amide bonds. The second kappa shape index (κ2) is 7.63. The van der Waals surface area contributed by atoms with E-state index < -0.39 is 0 Å². The zero-order valence-electron chi connectivity index (χ0n) is 10.6. The summed E-state index contributed by atoms with van der Waals surface area (Å²) in [6.45, 7) is 10.7.